The van der Waals surface area contributed by atoms with Crippen molar-refractivity contribution in [2.45, 2.75) is 136 Å². The average molecular weight is 427 g/mol. The van der Waals surface area contributed by atoms with E-state index in [0.717, 1.165) is 39.5 Å². The van der Waals surface area contributed by atoms with E-state index < -0.39 is 0 Å². The highest BCUT2D eigenvalue weighted by Crippen LogP contribution is 2.20. The maximum Gasteiger partial charge on any atom is 0.0813 e. The summed E-state index contributed by atoms with van der Waals surface area (Å²) in [5.41, 5.74) is 0. The fourth-order valence-electron chi connectivity index (χ4n) is 4.33. The van der Waals surface area contributed by atoms with Gasteiger partial charge in [0.25, 0.3) is 0 Å². The molecule has 0 radical (unpaired) electrons. The van der Waals surface area contributed by atoms with Crippen LogP contribution in [0, 0.1) is 5.92 Å². The minimum atomic E-state index is 0.292. The number of hydrogen-bond donors (Lipinski definition) is 0. The molecule has 180 valence electrons. The second-order valence-corrected chi connectivity index (χ2v) is 9.51. The molecule has 0 amide bonds. The third-order valence-corrected chi connectivity index (χ3v) is 6.36. The van der Waals surface area contributed by atoms with Gasteiger partial charge in [-0.15, -0.1) is 0 Å². The van der Waals surface area contributed by atoms with Crippen LogP contribution in [0.3, 0.4) is 0 Å². The minimum Gasteiger partial charge on any atom is -0.381 e. The lowest BCUT2D eigenvalue weighted by atomic mass is 10.1. The molecule has 0 saturated carbocycles. The van der Waals surface area contributed by atoms with Crippen LogP contribution in [-0.4, -0.2) is 39.1 Å². The highest BCUT2D eigenvalue weighted by molar-refractivity contribution is 4.73. The molecule has 0 aromatic rings. The van der Waals surface area contributed by atoms with E-state index in [9.17, 15) is 0 Å². The second-order valence-electron chi connectivity index (χ2n) is 9.51. The van der Waals surface area contributed by atoms with Gasteiger partial charge >= 0.3 is 0 Å². The Kier molecular flexibility index (Phi) is 20.6. The maximum absolute atomic E-state index is 5.92. The summed E-state index contributed by atoms with van der Waals surface area (Å²) in [6, 6.07) is 0. The van der Waals surface area contributed by atoms with E-state index >= 15 is 0 Å². The highest BCUT2D eigenvalue weighted by Gasteiger charge is 2.25. The van der Waals surface area contributed by atoms with Gasteiger partial charge in [0.05, 0.1) is 25.9 Å². The third-order valence-electron chi connectivity index (χ3n) is 6.36. The zero-order valence-electron chi connectivity index (χ0n) is 20.6. The lowest BCUT2D eigenvalue weighted by Crippen LogP contribution is -2.15. The smallest absolute Gasteiger partial charge is 0.0813 e. The first kappa shape index (κ1) is 27.9. The summed E-state index contributed by atoms with van der Waals surface area (Å²) in [7, 11) is 0. The van der Waals surface area contributed by atoms with Crippen molar-refractivity contribution in [1.29, 1.82) is 0 Å². The monoisotopic (exact) mass is 426 g/mol. The van der Waals surface area contributed by atoms with Gasteiger partial charge in [-0.25, -0.2) is 0 Å². The molecule has 0 unspecified atom stereocenters. The minimum absolute atomic E-state index is 0.292. The molecule has 0 spiro atoms. The molecular weight excluding hydrogens is 372 g/mol. The zero-order chi connectivity index (χ0) is 21.5. The molecule has 30 heavy (non-hydrogen) atoms. The first-order chi connectivity index (χ1) is 14.9. The maximum atomic E-state index is 5.92. The van der Waals surface area contributed by atoms with Crippen LogP contribution in [0.25, 0.3) is 0 Å². The number of unbranched alkanes of at least 4 members (excludes halogenated alkanes) is 15. The average Bonchev–Trinajstić information content (AvgIpc) is 3.21. The predicted molar refractivity (Wildman–Crippen MR) is 129 cm³/mol. The standard InChI is InChI=1S/C27H54O3/c1-3-5-7-9-10-11-12-13-14-15-17-19-20-28-23-26-22-27(30-24-26)25-29-21-18-16-8-6-4-2/h26-27H,3-25H2,1-2H3/t26-,27-/m0/s1. The zero-order valence-corrected chi connectivity index (χ0v) is 20.6. The van der Waals surface area contributed by atoms with E-state index in [-0.39, 0.29) is 0 Å². The van der Waals surface area contributed by atoms with Crippen LogP contribution in [0.2, 0.25) is 0 Å². The number of ether oxygens (including phenoxy) is 3. The summed E-state index contributed by atoms with van der Waals surface area (Å²) in [6.07, 6.45) is 24.7. The Bertz CT molecular complexity index is 334. The molecule has 1 aliphatic rings. The fraction of sp³-hybridized carbons (Fsp3) is 1.00. The molecule has 3 heteroatoms. The van der Waals surface area contributed by atoms with E-state index in [0.29, 0.717) is 12.0 Å². The van der Waals surface area contributed by atoms with Crippen molar-refractivity contribution in [3.05, 3.63) is 0 Å². The largest absolute Gasteiger partial charge is 0.381 e. The van der Waals surface area contributed by atoms with Gasteiger partial charge in [-0.3, -0.25) is 0 Å². The fourth-order valence-corrected chi connectivity index (χ4v) is 4.33. The number of rotatable bonds is 23. The van der Waals surface area contributed by atoms with Gasteiger partial charge in [0.1, 0.15) is 0 Å². The quantitative estimate of drug-likeness (QED) is 0.154. The van der Waals surface area contributed by atoms with E-state index in [4.69, 9.17) is 14.2 Å². The summed E-state index contributed by atoms with van der Waals surface area (Å²) >= 11 is 0. The van der Waals surface area contributed by atoms with Crippen molar-refractivity contribution < 1.29 is 14.2 Å². The van der Waals surface area contributed by atoms with Gasteiger partial charge in [0.2, 0.25) is 0 Å². The van der Waals surface area contributed by atoms with E-state index in [1.807, 2.05) is 0 Å². The summed E-state index contributed by atoms with van der Waals surface area (Å²) in [5, 5.41) is 0. The lowest BCUT2D eigenvalue weighted by Gasteiger charge is -2.11. The summed E-state index contributed by atoms with van der Waals surface area (Å²) in [4.78, 5) is 0. The molecule has 1 heterocycles. The van der Waals surface area contributed by atoms with E-state index in [1.54, 1.807) is 0 Å². The van der Waals surface area contributed by atoms with Crippen molar-refractivity contribution in [3.8, 4) is 0 Å². The Labute approximate surface area is 189 Å². The molecule has 1 rings (SSSR count). The van der Waals surface area contributed by atoms with Gasteiger partial charge < -0.3 is 14.2 Å². The van der Waals surface area contributed by atoms with Gasteiger partial charge in [-0.1, -0.05) is 110 Å². The molecule has 0 aromatic carbocycles. The van der Waals surface area contributed by atoms with Crippen molar-refractivity contribution in [1.82, 2.24) is 0 Å². The van der Waals surface area contributed by atoms with Crippen molar-refractivity contribution in [2.75, 3.05) is 33.0 Å². The Hall–Kier alpha value is -0.120. The Morgan fingerprint density at radius 2 is 1.00 bits per heavy atom. The Balaban J connectivity index is 1.76. The molecule has 0 aromatic heterocycles. The third kappa shape index (κ3) is 17.5. The molecular formula is C27H54O3. The second kappa shape index (κ2) is 22.1. The van der Waals surface area contributed by atoms with Gasteiger partial charge in [-0.05, 0) is 19.3 Å². The summed E-state index contributed by atoms with van der Waals surface area (Å²) < 4.78 is 17.6. The molecule has 0 N–H and O–H groups in total. The molecule has 0 bridgehead atoms. The molecule has 2 atom stereocenters. The molecule has 0 aliphatic carbocycles. The molecule has 1 saturated heterocycles. The highest BCUT2D eigenvalue weighted by atomic mass is 16.5. The van der Waals surface area contributed by atoms with Crippen LogP contribution < -0.4 is 0 Å². The summed E-state index contributed by atoms with van der Waals surface area (Å²) in [5.74, 6) is 0.570. The molecule has 1 aliphatic heterocycles. The van der Waals surface area contributed by atoms with Gasteiger partial charge in [0.15, 0.2) is 0 Å². The lowest BCUT2D eigenvalue weighted by molar-refractivity contribution is 0.0141. The summed E-state index contributed by atoms with van der Waals surface area (Å²) in [6.45, 7) is 8.85. The van der Waals surface area contributed by atoms with Crippen molar-refractivity contribution in [2.24, 2.45) is 5.92 Å². The SMILES string of the molecule is CCCCCCCCCCCCCCOC[C@H]1CO[C@H](COCCCCCCC)C1. The van der Waals surface area contributed by atoms with Crippen LogP contribution in [0.5, 0.6) is 0 Å². The topological polar surface area (TPSA) is 27.7 Å². The normalized spacial score (nSPS) is 19.0. The predicted octanol–water partition coefficient (Wildman–Crippen LogP) is 8.10. The number of hydrogen-bond acceptors (Lipinski definition) is 3. The Morgan fingerprint density at radius 1 is 0.567 bits per heavy atom. The van der Waals surface area contributed by atoms with E-state index in [2.05, 4.69) is 13.8 Å². The van der Waals surface area contributed by atoms with Crippen LogP contribution in [0.15, 0.2) is 0 Å². The van der Waals surface area contributed by atoms with Crippen LogP contribution in [-0.2, 0) is 14.2 Å². The van der Waals surface area contributed by atoms with Gasteiger partial charge in [0, 0.05) is 19.1 Å². The molecule has 1 fully saturated rings. The van der Waals surface area contributed by atoms with Crippen molar-refractivity contribution in [3.63, 3.8) is 0 Å². The van der Waals surface area contributed by atoms with Crippen LogP contribution >= 0.6 is 0 Å². The first-order valence-corrected chi connectivity index (χ1v) is 13.6. The first-order valence-electron chi connectivity index (χ1n) is 13.6. The van der Waals surface area contributed by atoms with Crippen LogP contribution in [0.1, 0.15) is 129 Å². The van der Waals surface area contributed by atoms with Crippen LogP contribution in [0.4, 0.5) is 0 Å². The van der Waals surface area contributed by atoms with Gasteiger partial charge in [-0.2, -0.15) is 0 Å². The molecule has 3 nitrogen and oxygen atoms in total. The van der Waals surface area contributed by atoms with E-state index in [1.165, 1.54) is 109 Å². The Morgan fingerprint density at radius 3 is 1.50 bits per heavy atom. The van der Waals surface area contributed by atoms with Crippen molar-refractivity contribution >= 4 is 0 Å².